The Kier molecular flexibility index (Phi) is 8.58. The summed E-state index contributed by atoms with van der Waals surface area (Å²) in [4.78, 5) is 6.79. The van der Waals surface area contributed by atoms with Gasteiger partial charge >= 0.3 is 0 Å². The summed E-state index contributed by atoms with van der Waals surface area (Å²) in [6.07, 6.45) is 6.28. The number of hydrogen-bond donors (Lipinski definition) is 1. The predicted molar refractivity (Wildman–Crippen MR) is 112 cm³/mol. The van der Waals surface area contributed by atoms with Crippen LogP contribution in [0.15, 0.2) is 35.3 Å². The number of likely N-dealkylation sites (tertiary alicyclic amines) is 1. The monoisotopic (exact) mass is 389 g/mol. The lowest BCUT2D eigenvalue weighted by molar-refractivity contribution is -0.0721. The van der Waals surface area contributed by atoms with Crippen LogP contribution in [0.1, 0.15) is 43.8 Å². The van der Waals surface area contributed by atoms with Gasteiger partial charge in [-0.3, -0.25) is 4.99 Å². The molecule has 0 bridgehead atoms. The minimum Gasteiger partial charge on any atom is -0.376 e. The van der Waals surface area contributed by atoms with Crippen molar-refractivity contribution < 1.29 is 14.2 Å². The first-order chi connectivity index (χ1) is 13.8. The third kappa shape index (κ3) is 6.19. The number of hydrogen-bond acceptors (Lipinski definition) is 4. The number of nitrogens with one attached hydrogen (secondary N) is 1. The zero-order chi connectivity index (χ0) is 19.6. The summed E-state index contributed by atoms with van der Waals surface area (Å²) in [5.41, 5.74) is 1.17. The first kappa shape index (κ1) is 21.1. The predicted octanol–water partition coefficient (Wildman–Crippen LogP) is 3.00. The molecule has 0 aliphatic carbocycles. The molecule has 0 aromatic heterocycles. The summed E-state index contributed by atoms with van der Waals surface area (Å²) in [6.45, 7) is 4.24. The van der Waals surface area contributed by atoms with Crippen LogP contribution in [-0.2, 0) is 14.2 Å². The second-order valence-electron chi connectivity index (χ2n) is 7.57. The van der Waals surface area contributed by atoms with Gasteiger partial charge in [-0.1, -0.05) is 30.3 Å². The maximum atomic E-state index is 6.13. The molecule has 6 nitrogen and oxygen atoms in total. The Hall–Kier alpha value is -1.63. The van der Waals surface area contributed by atoms with E-state index in [1.165, 1.54) is 18.4 Å². The van der Waals surface area contributed by atoms with E-state index in [-0.39, 0.29) is 6.10 Å². The maximum Gasteiger partial charge on any atom is 0.193 e. The molecule has 2 heterocycles. The fourth-order valence-electron chi connectivity index (χ4n) is 3.94. The van der Waals surface area contributed by atoms with Crippen LogP contribution < -0.4 is 5.32 Å². The standard InChI is InChI=1S/C22H35N3O3/c1-23-22(24-16-21(26-2)18-8-4-3-5-9-18)25-13-11-19(12-14-25)28-17-20-10-6-7-15-27-20/h3-5,8-9,19-21H,6-7,10-17H2,1-2H3,(H,23,24). The van der Waals surface area contributed by atoms with Gasteiger partial charge in [0.15, 0.2) is 5.96 Å². The van der Waals surface area contributed by atoms with Gasteiger partial charge in [-0.2, -0.15) is 0 Å². The number of aliphatic imine (C=N–C) groups is 1. The Morgan fingerprint density at radius 3 is 2.64 bits per heavy atom. The van der Waals surface area contributed by atoms with Crippen LogP contribution in [-0.4, -0.2) is 70.1 Å². The number of nitrogens with zero attached hydrogens (tertiary/aromatic N) is 2. The molecule has 2 unspecified atom stereocenters. The minimum absolute atomic E-state index is 0.00863. The molecular weight excluding hydrogens is 354 g/mol. The molecule has 2 saturated heterocycles. The molecule has 1 aromatic rings. The van der Waals surface area contributed by atoms with Crippen LogP contribution in [0.5, 0.6) is 0 Å². The van der Waals surface area contributed by atoms with E-state index in [1.54, 1.807) is 7.11 Å². The van der Waals surface area contributed by atoms with E-state index in [4.69, 9.17) is 14.2 Å². The molecule has 0 amide bonds. The van der Waals surface area contributed by atoms with Gasteiger partial charge in [-0.25, -0.2) is 0 Å². The summed E-state index contributed by atoms with van der Waals surface area (Å²) in [7, 11) is 3.59. The average molecular weight is 390 g/mol. The van der Waals surface area contributed by atoms with Crippen molar-refractivity contribution in [2.75, 3.05) is 47.0 Å². The van der Waals surface area contributed by atoms with Crippen molar-refractivity contribution in [2.24, 2.45) is 4.99 Å². The number of ether oxygens (including phenoxy) is 3. The second kappa shape index (κ2) is 11.4. The Labute approximate surface area is 169 Å². The summed E-state index contributed by atoms with van der Waals surface area (Å²) in [5, 5.41) is 3.48. The van der Waals surface area contributed by atoms with Gasteiger partial charge < -0.3 is 24.4 Å². The highest BCUT2D eigenvalue weighted by Gasteiger charge is 2.24. The second-order valence-corrected chi connectivity index (χ2v) is 7.57. The Morgan fingerprint density at radius 2 is 2.00 bits per heavy atom. The van der Waals surface area contributed by atoms with Gasteiger partial charge in [-0.05, 0) is 37.7 Å². The highest BCUT2D eigenvalue weighted by atomic mass is 16.5. The normalized spacial score (nSPS) is 22.9. The minimum atomic E-state index is 0.00863. The SMILES string of the molecule is CN=C(NCC(OC)c1ccccc1)N1CCC(OCC2CCCCO2)CC1. The van der Waals surface area contributed by atoms with E-state index >= 15 is 0 Å². The molecule has 6 heteroatoms. The lowest BCUT2D eigenvalue weighted by Crippen LogP contribution is -2.48. The number of methoxy groups -OCH3 is 1. The molecule has 0 radical (unpaired) electrons. The van der Waals surface area contributed by atoms with Gasteiger partial charge in [0, 0.05) is 40.4 Å². The zero-order valence-electron chi connectivity index (χ0n) is 17.3. The van der Waals surface area contributed by atoms with E-state index in [0.717, 1.165) is 51.5 Å². The number of rotatable bonds is 7. The largest absolute Gasteiger partial charge is 0.376 e. The van der Waals surface area contributed by atoms with Crippen LogP contribution >= 0.6 is 0 Å². The first-order valence-corrected chi connectivity index (χ1v) is 10.6. The third-order valence-corrected chi connectivity index (χ3v) is 5.65. The lowest BCUT2D eigenvalue weighted by Gasteiger charge is -2.35. The topological polar surface area (TPSA) is 55.3 Å². The molecule has 2 aliphatic rings. The fraction of sp³-hybridized carbons (Fsp3) is 0.682. The van der Waals surface area contributed by atoms with Gasteiger partial charge in [0.1, 0.15) is 0 Å². The molecule has 2 fully saturated rings. The van der Waals surface area contributed by atoms with Crippen molar-refractivity contribution in [3.05, 3.63) is 35.9 Å². The molecule has 0 spiro atoms. The molecule has 2 aliphatic heterocycles. The van der Waals surface area contributed by atoms with Crippen LogP contribution in [0, 0.1) is 0 Å². The molecule has 156 valence electrons. The van der Waals surface area contributed by atoms with Crippen molar-refractivity contribution in [3.8, 4) is 0 Å². The highest BCUT2D eigenvalue weighted by molar-refractivity contribution is 5.80. The molecule has 2 atom stereocenters. The van der Waals surface area contributed by atoms with E-state index in [9.17, 15) is 0 Å². The summed E-state index contributed by atoms with van der Waals surface area (Å²) in [6, 6.07) is 10.3. The molecular formula is C22H35N3O3. The van der Waals surface area contributed by atoms with E-state index < -0.39 is 0 Å². The van der Waals surface area contributed by atoms with Crippen LogP contribution in [0.25, 0.3) is 0 Å². The van der Waals surface area contributed by atoms with Crippen molar-refractivity contribution >= 4 is 5.96 Å². The molecule has 1 aromatic carbocycles. The molecule has 28 heavy (non-hydrogen) atoms. The van der Waals surface area contributed by atoms with Gasteiger partial charge in [0.25, 0.3) is 0 Å². The van der Waals surface area contributed by atoms with E-state index in [1.807, 2.05) is 25.2 Å². The smallest absolute Gasteiger partial charge is 0.193 e. The van der Waals surface area contributed by atoms with Crippen molar-refractivity contribution in [1.29, 1.82) is 0 Å². The van der Waals surface area contributed by atoms with Gasteiger partial charge in [0.2, 0.25) is 0 Å². The maximum absolute atomic E-state index is 6.13. The summed E-state index contributed by atoms with van der Waals surface area (Å²) < 4.78 is 17.6. The quantitative estimate of drug-likeness (QED) is 0.574. The summed E-state index contributed by atoms with van der Waals surface area (Å²) in [5.74, 6) is 0.937. The Balaban J connectivity index is 1.40. The highest BCUT2D eigenvalue weighted by Crippen LogP contribution is 2.19. The Morgan fingerprint density at radius 1 is 1.21 bits per heavy atom. The summed E-state index contributed by atoms with van der Waals surface area (Å²) >= 11 is 0. The lowest BCUT2D eigenvalue weighted by atomic mass is 10.1. The number of benzene rings is 1. The molecule has 0 saturated carbocycles. The van der Waals surface area contributed by atoms with Crippen molar-refractivity contribution in [2.45, 2.75) is 50.4 Å². The molecule has 1 N–H and O–H groups in total. The zero-order valence-corrected chi connectivity index (χ0v) is 17.3. The van der Waals surface area contributed by atoms with Crippen LogP contribution in [0.4, 0.5) is 0 Å². The first-order valence-electron chi connectivity index (χ1n) is 10.6. The third-order valence-electron chi connectivity index (χ3n) is 5.65. The van der Waals surface area contributed by atoms with Gasteiger partial charge in [0.05, 0.1) is 24.9 Å². The van der Waals surface area contributed by atoms with E-state index in [0.29, 0.717) is 18.8 Å². The Bertz CT molecular complexity index is 582. The average Bonchev–Trinajstić information content (AvgIpc) is 2.77. The van der Waals surface area contributed by atoms with Crippen LogP contribution in [0.2, 0.25) is 0 Å². The van der Waals surface area contributed by atoms with E-state index in [2.05, 4.69) is 27.3 Å². The van der Waals surface area contributed by atoms with Crippen molar-refractivity contribution in [3.63, 3.8) is 0 Å². The number of guanidine groups is 1. The van der Waals surface area contributed by atoms with Crippen molar-refractivity contribution in [1.82, 2.24) is 10.2 Å². The fourth-order valence-corrected chi connectivity index (χ4v) is 3.94. The number of piperidine rings is 1. The molecule has 3 rings (SSSR count). The van der Waals surface area contributed by atoms with Crippen LogP contribution in [0.3, 0.4) is 0 Å². The van der Waals surface area contributed by atoms with Gasteiger partial charge in [-0.15, -0.1) is 0 Å².